The predicted molar refractivity (Wildman–Crippen MR) is 120 cm³/mol. The van der Waals surface area contributed by atoms with Crippen LogP contribution in [0.5, 0.6) is 0 Å². The van der Waals surface area contributed by atoms with Gasteiger partial charge in [-0.05, 0) is 62.2 Å². The lowest BCUT2D eigenvalue weighted by Gasteiger charge is -2.30. The van der Waals surface area contributed by atoms with Crippen molar-refractivity contribution < 1.29 is 9.18 Å². The lowest BCUT2D eigenvalue weighted by molar-refractivity contribution is 0.0709. The quantitative estimate of drug-likeness (QED) is 0.547. The summed E-state index contributed by atoms with van der Waals surface area (Å²) >= 11 is 0. The smallest absolute Gasteiger partial charge is 0.253 e. The third kappa shape index (κ3) is 3.29. The van der Waals surface area contributed by atoms with Gasteiger partial charge in [-0.25, -0.2) is 9.37 Å². The van der Waals surface area contributed by atoms with Crippen LogP contribution in [-0.2, 0) is 13.6 Å². The van der Waals surface area contributed by atoms with Crippen LogP contribution in [0.25, 0.3) is 33.5 Å². The van der Waals surface area contributed by atoms with E-state index in [4.69, 9.17) is 10.7 Å². The van der Waals surface area contributed by atoms with Crippen molar-refractivity contribution >= 4 is 27.8 Å². The molecule has 0 saturated carbocycles. The van der Waals surface area contributed by atoms with E-state index in [0.717, 1.165) is 59.4 Å². The average Bonchev–Trinajstić information content (AvgIpc) is 3.29. The highest BCUT2D eigenvalue weighted by Crippen LogP contribution is 2.31. The van der Waals surface area contributed by atoms with Crippen molar-refractivity contribution in [2.75, 3.05) is 13.1 Å². The summed E-state index contributed by atoms with van der Waals surface area (Å²) in [7, 11) is 1.97. The minimum Gasteiger partial charge on any atom is -0.338 e. The minimum atomic E-state index is -0.252. The third-order valence-electron chi connectivity index (χ3n) is 6.28. The van der Waals surface area contributed by atoms with Gasteiger partial charge in [-0.15, -0.1) is 0 Å². The first-order valence-electron chi connectivity index (χ1n) is 10.8. The molecule has 1 fully saturated rings. The molecule has 2 N–H and O–H groups in total. The number of benzene rings is 2. The Balaban J connectivity index is 1.58. The van der Waals surface area contributed by atoms with E-state index in [1.807, 2.05) is 40.8 Å². The van der Waals surface area contributed by atoms with E-state index in [-0.39, 0.29) is 17.8 Å². The Bertz CT molecular complexity index is 1300. The maximum absolute atomic E-state index is 13.8. The molecule has 6 nitrogen and oxygen atoms in total. The maximum atomic E-state index is 13.8. The van der Waals surface area contributed by atoms with Gasteiger partial charge in [0.05, 0.1) is 16.7 Å². The fraction of sp³-hybridized carbons (Fsp3) is 0.333. The zero-order chi connectivity index (χ0) is 21.7. The van der Waals surface area contributed by atoms with Crippen molar-refractivity contribution in [1.82, 2.24) is 19.0 Å². The number of rotatable bonds is 3. The number of aromatic nitrogens is 3. The number of carbonyl (C=O) groups excluding carboxylic acids is 1. The van der Waals surface area contributed by atoms with E-state index in [1.165, 1.54) is 6.07 Å². The van der Waals surface area contributed by atoms with Gasteiger partial charge in [0, 0.05) is 49.2 Å². The van der Waals surface area contributed by atoms with Gasteiger partial charge in [0.25, 0.3) is 5.91 Å². The summed E-state index contributed by atoms with van der Waals surface area (Å²) in [6.45, 7) is 4.14. The van der Waals surface area contributed by atoms with Crippen LogP contribution in [0.4, 0.5) is 4.39 Å². The van der Waals surface area contributed by atoms with Crippen molar-refractivity contribution in [2.24, 2.45) is 12.8 Å². The molecule has 5 rings (SSSR count). The fourth-order valence-electron chi connectivity index (χ4n) is 4.71. The first kappa shape index (κ1) is 19.8. The molecule has 2 aromatic carbocycles. The van der Waals surface area contributed by atoms with Gasteiger partial charge < -0.3 is 19.8 Å². The second-order valence-electron chi connectivity index (χ2n) is 8.33. The molecule has 7 heteroatoms. The number of likely N-dealkylation sites (tertiary alicyclic amines) is 1. The SMILES string of the molecule is CCn1c(-c2nc3cc(C(=O)N4CCCC(N)C4)ccc3n2C)cc2cc(F)ccc21. The molecular formula is C24H26FN5O. The van der Waals surface area contributed by atoms with Gasteiger partial charge in [-0.1, -0.05) is 0 Å². The molecule has 0 bridgehead atoms. The van der Waals surface area contributed by atoms with E-state index >= 15 is 0 Å². The van der Waals surface area contributed by atoms with Gasteiger partial charge in [-0.3, -0.25) is 4.79 Å². The molecule has 1 saturated heterocycles. The number of hydrogen-bond acceptors (Lipinski definition) is 3. The summed E-state index contributed by atoms with van der Waals surface area (Å²) in [5.74, 6) is 0.540. The van der Waals surface area contributed by atoms with Crippen molar-refractivity contribution in [3.05, 3.63) is 53.8 Å². The van der Waals surface area contributed by atoms with Crippen LogP contribution >= 0.6 is 0 Å². The number of piperidine rings is 1. The van der Waals surface area contributed by atoms with E-state index < -0.39 is 0 Å². The molecule has 4 aromatic rings. The zero-order valence-electron chi connectivity index (χ0n) is 17.8. The molecule has 160 valence electrons. The summed E-state index contributed by atoms with van der Waals surface area (Å²) in [6, 6.07) is 12.5. The van der Waals surface area contributed by atoms with Crippen molar-refractivity contribution in [2.45, 2.75) is 32.4 Å². The van der Waals surface area contributed by atoms with Crippen LogP contribution in [0.3, 0.4) is 0 Å². The lowest BCUT2D eigenvalue weighted by Crippen LogP contribution is -2.45. The number of fused-ring (bicyclic) bond motifs is 2. The Morgan fingerprint density at radius 3 is 2.77 bits per heavy atom. The standard InChI is InChI=1S/C24H26FN5O/c1-3-30-20-9-7-17(25)11-16(20)13-22(30)23-27-19-12-15(6-8-21(19)28(23)2)24(31)29-10-4-5-18(26)14-29/h6-9,11-13,18H,3-5,10,14,26H2,1-2H3. The maximum Gasteiger partial charge on any atom is 0.253 e. The van der Waals surface area contributed by atoms with Gasteiger partial charge >= 0.3 is 0 Å². The number of aryl methyl sites for hydroxylation is 2. The number of halogens is 1. The fourth-order valence-corrected chi connectivity index (χ4v) is 4.71. The summed E-state index contributed by atoms with van der Waals surface area (Å²) in [4.78, 5) is 19.7. The molecular weight excluding hydrogens is 393 g/mol. The van der Waals surface area contributed by atoms with E-state index in [2.05, 4.69) is 11.5 Å². The molecule has 0 radical (unpaired) electrons. The average molecular weight is 420 g/mol. The Morgan fingerprint density at radius 1 is 1.19 bits per heavy atom. The van der Waals surface area contributed by atoms with Crippen LogP contribution < -0.4 is 5.73 Å². The van der Waals surface area contributed by atoms with E-state index in [1.54, 1.807) is 12.1 Å². The topological polar surface area (TPSA) is 69.1 Å². The summed E-state index contributed by atoms with van der Waals surface area (Å²) in [6.07, 6.45) is 1.90. The highest BCUT2D eigenvalue weighted by atomic mass is 19.1. The van der Waals surface area contributed by atoms with Gasteiger partial charge in [0.1, 0.15) is 5.82 Å². The minimum absolute atomic E-state index is 0.00222. The van der Waals surface area contributed by atoms with E-state index in [9.17, 15) is 9.18 Å². The molecule has 31 heavy (non-hydrogen) atoms. The number of hydrogen-bond donors (Lipinski definition) is 1. The highest BCUT2D eigenvalue weighted by molar-refractivity contribution is 5.98. The van der Waals surface area contributed by atoms with Crippen LogP contribution in [-0.4, -0.2) is 44.1 Å². The lowest BCUT2D eigenvalue weighted by atomic mass is 10.1. The second-order valence-corrected chi connectivity index (χ2v) is 8.33. The van der Waals surface area contributed by atoms with Crippen molar-refractivity contribution in [3.63, 3.8) is 0 Å². The van der Waals surface area contributed by atoms with E-state index in [0.29, 0.717) is 12.1 Å². The Kier molecular flexibility index (Phi) is 4.78. The Hall–Kier alpha value is -3.19. The molecule has 1 aliphatic rings. The first-order valence-corrected chi connectivity index (χ1v) is 10.8. The zero-order valence-corrected chi connectivity index (χ0v) is 17.8. The molecule has 1 atom stereocenters. The van der Waals surface area contributed by atoms with Crippen molar-refractivity contribution in [3.8, 4) is 11.5 Å². The van der Waals surface area contributed by atoms with Crippen LogP contribution in [0, 0.1) is 5.82 Å². The largest absolute Gasteiger partial charge is 0.338 e. The molecule has 0 spiro atoms. The van der Waals surface area contributed by atoms with Gasteiger partial charge in [0.2, 0.25) is 0 Å². The number of imidazole rings is 1. The van der Waals surface area contributed by atoms with Gasteiger partial charge in [-0.2, -0.15) is 0 Å². The summed E-state index contributed by atoms with van der Waals surface area (Å²) in [5, 5.41) is 0.848. The third-order valence-corrected chi connectivity index (χ3v) is 6.28. The highest BCUT2D eigenvalue weighted by Gasteiger charge is 2.23. The molecule has 1 amide bonds. The number of carbonyl (C=O) groups is 1. The molecule has 1 unspecified atom stereocenters. The number of nitrogens with two attached hydrogens (primary N) is 1. The summed E-state index contributed by atoms with van der Waals surface area (Å²) in [5.41, 5.74) is 10.3. The van der Waals surface area contributed by atoms with Crippen molar-refractivity contribution in [1.29, 1.82) is 0 Å². The molecule has 1 aliphatic heterocycles. The molecule has 3 heterocycles. The number of nitrogens with zero attached hydrogens (tertiary/aromatic N) is 4. The first-order chi connectivity index (χ1) is 15.0. The molecule has 2 aromatic heterocycles. The number of amides is 1. The van der Waals surface area contributed by atoms with Crippen LogP contribution in [0.1, 0.15) is 30.1 Å². The monoisotopic (exact) mass is 419 g/mol. The normalized spacial score (nSPS) is 17.0. The Morgan fingerprint density at radius 2 is 2.00 bits per heavy atom. The van der Waals surface area contributed by atoms with Crippen LogP contribution in [0.2, 0.25) is 0 Å². The van der Waals surface area contributed by atoms with Crippen LogP contribution in [0.15, 0.2) is 42.5 Å². The molecule has 0 aliphatic carbocycles. The second kappa shape index (κ2) is 7.50. The summed E-state index contributed by atoms with van der Waals surface area (Å²) < 4.78 is 17.9. The van der Waals surface area contributed by atoms with Gasteiger partial charge in [0.15, 0.2) is 5.82 Å². The predicted octanol–water partition coefficient (Wildman–Crippen LogP) is 3.92. The Labute approximate surface area is 180 Å².